The highest BCUT2D eigenvalue weighted by molar-refractivity contribution is 9.10. The number of benzene rings is 2. The van der Waals surface area contributed by atoms with E-state index < -0.39 is 11.3 Å². The normalized spacial score (nSPS) is 13.3. The monoisotopic (exact) mass is 468 g/mol. The summed E-state index contributed by atoms with van der Waals surface area (Å²) in [6, 6.07) is 12.7. The van der Waals surface area contributed by atoms with Crippen LogP contribution in [0.5, 0.6) is 5.75 Å². The predicted octanol–water partition coefficient (Wildman–Crippen LogP) is 5.45. The third-order valence-corrected chi connectivity index (χ3v) is 5.51. The molecule has 2 unspecified atom stereocenters. The van der Waals surface area contributed by atoms with E-state index >= 15 is 0 Å². The van der Waals surface area contributed by atoms with Gasteiger partial charge in [-0.3, -0.25) is 13.8 Å². The molecule has 2 aromatic carbocycles. The minimum atomic E-state index is -2.17. The summed E-state index contributed by atoms with van der Waals surface area (Å²) in [6.45, 7) is 2.28. The molecule has 3 rings (SSSR count). The van der Waals surface area contributed by atoms with Gasteiger partial charge in [0.1, 0.15) is 5.75 Å². The number of aromatic nitrogens is 1. The SMILES string of the molecule is CC(CCN(c1cc(Br)cc2cnccc12)S(=O)O)Oc1ccc(Cl)cc1. The summed E-state index contributed by atoms with van der Waals surface area (Å²) in [5, 5.41) is 2.40. The van der Waals surface area contributed by atoms with Crippen molar-refractivity contribution < 1.29 is 13.5 Å². The summed E-state index contributed by atoms with van der Waals surface area (Å²) >= 11 is 7.18. The van der Waals surface area contributed by atoms with Crippen LogP contribution in [0.25, 0.3) is 10.8 Å². The summed E-state index contributed by atoms with van der Waals surface area (Å²) in [4.78, 5) is 4.12. The quantitative estimate of drug-likeness (QED) is 0.467. The molecule has 0 saturated carbocycles. The second-order valence-electron chi connectivity index (χ2n) is 6.03. The fourth-order valence-electron chi connectivity index (χ4n) is 2.75. The predicted molar refractivity (Wildman–Crippen MR) is 114 cm³/mol. The summed E-state index contributed by atoms with van der Waals surface area (Å²) in [5.41, 5.74) is 0.668. The van der Waals surface area contributed by atoms with Crippen molar-refractivity contribution in [3.63, 3.8) is 0 Å². The van der Waals surface area contributed by atoms with Gasteiger partial charge in [0.05, 0.1) is 11.8 Å². The molecule has 0 aliphatic carbocycles. The molecule has 0 fully saturated rings. The standard InChI is InChI=1S/C19H18BrClN2O3S/c1-13(26-17-4-2-16(21)3-5-17)7-9-23(27(24)25)19-11-15(20)10-14-12-22-8-6-18(14)19/h2-6,8,10-13H,7,9H2,1H3,(H,24,25). The molecule has 27 heavy (non-hydrogen) atoms. The lowest BCUT2D eigenvalue weighted by molar-refractivity contribution is 0.214. The molecule has 1 aromatic heterocycles. The topological polar surface area (TPSA) is 62.7 Å². The maximum Gasteiger partial charge on any atom is 0.261 e. The van der Waals surface area contributed by atoms with Gasteiger partial charge >= 0.3 is 0 Å². The van der Waals surface area contributed by atoms with E-state index in [4.69, 9.17) is 16.3 Å². The fourth-order valence-corrected chi connectivity index (χ4v) is 3.92. The molecule has 0 spiro atoms. The Morgan fingerprint density at radius 1 is 1.30 bits per heavy atom. The number of pyridine rings is 1. The number of ether oxygens (including phenoxy) is 1. The third kappa shape index (κ3) is 5.19. The lowest BCUT2D eigenvalue weighted by Crippen LogP contribution is -2.30. The van der Waals surface area contributed by atoms with Gasteiger partial charge in [-0.05, 0) is 49.4 Å². The Hall–Kier alpha value is -1.67. The van der Waals surface area contributed by atoms with Gasteiger partial charge in [0.15, 0.2) is 0 Å². The Labute approximate surface area is 173 Å². The molecule has 2 atom stereocenters. The van der Waals surface area contributed by atoms with E-state index in [9.17, 15) is 8.76 Å². The number of halogens is 2. The molecule has 0 bridgehead atoms. The Balaban J connectivity index is 1.77. The smallest absolute Gasteiger partial charge is 0.261 e. The Kier molecular flexibility index (Phi) is 6.70. The van der Waals surface area contributed by atoms with E-state index in [1.165, 1.54) is 4.31 Å². The number of rotatable bonds is 7. The molecule has 1 heterocycles. The van der Waals surface area contributed by atoms with Gasteiger partial charge < -0.3 is 4.74 Å². The van der Waals surface area contributed by atoms with Gasteiger partial charge in [-0.1, -0.05) is 27.5 Å². The summed E-state index contributed by atoms with van der Waals surface area (Å²) in [7, 11) is 0. The summed E-state index contributed by atoms with van der Waals surface area (Å²) < 4.78 is 30.0. The molecule has 8 heteroatoms. The van der Waals surface area contributed by atoms with Gasteiger partial charge in [-0.2, -0.15) is 0 Å². The van der Waals surface area contributed by atoms with E-state index in [2.05, 4.69) is 20.9 Å². The molecular formula is C19H18BrClN2O3S. The van der Waals surface area contributed by atoms with Crippen molar-refractivity contribution in [3.8, 4) is 5.75 Å². The number of hydrogen-bond donors (Lipinski definition) is 1. The maximum absolute atomic E-state index is 12.0. The molecule has 0 saturated heterocycles. The van der Waals surface area contributed by atoms with E-state index in [-0.39, 0.29) is 6.10 Å². The Morgan fingerprint density at radius 3 is 2.74 bits per heavy atom. The van der Waals surface area contributed by atoms with Gasteiger partial charge in [-0.25, -0.2) is 4.21 Å². The summed E-state index contributed by atoms with van der Waals surface area (Å²) in [6.07, 6.45) is 3.82. The van der Waals surface area contributed by atoms with Crippen molar-refractivity contribution in [2.75, 3.05) is 10.8 Å². The molecule has 0 radical (unpaired) electrons. The molecule has 0 amide bonds. The van der Waals surface area contributed by atoms with Crippen LogP contribution in [0.2, 0.25) is 5.02 Å². The molecule has 5 nitrogen and oxygen atoms in total. The summed E-state index contributed by atoms with van der Waals surface area (Å²) in [5.74, 6) is 0.711. The van der Waals surface area contributed by atoms with E-state index in [1.54, 1.807) is 36.7 Å². The minimum absolute atomic E-state index is 0.141. The first-order chi connectivity index (χ1) is 12.9. The van der Waals surface area contributed by atoms with Crippen LogP contribution in [0.1, 0.15) is 13.3 Å². The van der Waals surface area contributed by atoms with Crippen LogP contribution in [-0.2, 0) is 11.3 Å². The van der Waals surface area contributed by atoms with Crippen molar-refractivity contribution in [2.45, 2.75) is 19.4 Å². The zero-order chi connectivity index (χ0) is 19.4. The van der Waals surface area contributed by atoms with Crippen LogP contribution in [0.3, 0.4) is 0 Å². The molecule has 3 aromatic rings. The van der Waals surface area contributed by atoms with Crippen LogP contribution in [0.4, 0.5) is 5.69 Å². The number of anilines is 1. The first kappa shape index (κ1) is 20.1. The van der Waals surface area contributed by atoms with Gasteiger partial charge in [0.25, 0.3) is 11.3 Å². The fraction of sp³-hybridized carbons (Fsp3) is 0.211. The van der Waals surface area contributed by atoms with Crippen molar-refractivity contribution in [3.05, 3.63) is 64.4 Å². The lowest BCUT2D eigenvalue weighted by Gasteiger charge is -2.24. The van der Waals surface area contributed by atoms with Crippen molar-refractivity contribution in [1.29, 1.82) is 0 Å². The van der Waals surface area contributed by atoms with Crippen LogP contribution < -0.4 is 9.04 Å². The second-order valence-corrected chi connectivity index (χ2v) is 8.28. The maximum atomic E-state index is 12.0. The third-order valence-electron chi connectivity index (χ3n) is 4.04. The molecule has 0 aliphatic rings. The van der Waals surface area contributed by atoms with E-state index in [0.717, 1.165) is 15.2 Å². The Morgan fingerprint density at radius 2 is 2.04 bits per heavy atom. The van der Waals surface area contributed by atoms with Crippen LogP contribution >= 0.6 is 27.5 Å². The number of hydrogen-bond acceptors (Lipinski definition) is 3. The highest BCUT2D eigenvalue weighted by Crippen LogP contribution is 2.31. The molecular weight excluding hydrogens is 452 g/mol. The average molecular weight is 470 g/mol. The van der Waals surface area contributed by atoms with Crippen molar-refractivity contribution in [1.82, 2.24) is 4.98 Å². The zero-order valence-corrected chi connectivity index (χ0v) is 17.7. The first-order valence-electron chi connectivity index (χ1n) is 8.28. The second kappa shape index (κ2) is 9.01. The van der Waals surface area contributed by atoms with Gasteiger partial charge in [0, 0.05) is 45.6 Å². The first-order valence-corrected chi connectivity index (χ1v) is 10.5. The highest BCUT2D eigenvalue weighted by Gasteiger charge is 2.18. The average Bonchev–Trinajstić information content (AvgIpc) is 2.63. The van der Waals surface area contributed by atoms with Crippen LogP contribution in [-0.4, -0.2) is 26.4 Å². The van der Waals surface area contributed by atoms with Crippen molar-refractivity contribution >= 4 is 55.3 Å². The van der Waals surface area contributed by atoms with Gasteiger partial charge in [-0.15, -0.1) is 0 Å². The van der Waals surface area contributed by atoms with Crippen LogP contribution in [0.15, 0.2) is 59.3 Å². The molecule has 0 aliphatic heterocycles. The van der Waals surface area contributed by atoms with E-state index in [1.807, 2.05) is 25.1 Å². The zero-order valence-electron chi connectivity index (χ0n) is 14.5. The molecule has 1 N–H and O–H groups in total. The number of fused-ring (bicyclic) bond motifs is 1. The molecule has 142 valence electrons. The number of nitrogens with zero attached hydrogens (tertiary/aromatic N) is 2. The van der Waals surface area contributed by atoms with Crippen LogP contribution in [0, 0.1) is 0 Å². The highest BCUT2D eigenvalue weighted by atomic mass is 79.9. The van der Waals surface area contributed by atoms with Crippen molar-refractivity contribution in [2.24, 2.45) is 0 Å². The lowest BCUT2D eigenvalue weighted by atomic mass is 10.1. The van der Waals surface area contributed by atoms with Gasteiger partial charge in [0.2, 0.25) is 0 Å². The minimum Gasteiger partial charge on any atom is -0.491 e. The van der Waals surface area contributed by atoms with E-state index in [0.29, 0.717) is 29.4 Å². The largest absolute Gasteiger partial charge is 0.491 e. The Bertz CT molecular complexity index is 955.